The first-order valence-corrected chi connectivity index (χ1v) is 7.87. The number of carboxylic acid groups (broad SMARTS) is 1. The maximum absolute atomic E-state index is 12.9. The van der Waals surface area contributed by atoms with Crippen LogP contribution in [0.15, 0.2) is 30.3 Å². The van der Waals surface area contributed by atoms with Crippen molar-refractivity contribution in [1.82, 2.24) is 4.57 Å². The monoisotopic (exact) mass is 313 g/mol. The minimum absolute atomic E-state index is 0.0602. The first-order valence-electron chi connectivity index (χ1n) is 7.87. The lowest BCUT2D eigenvalue weighted by atomic mass is 9.99. The van der Waals surface area contributed by atoms with Crippen molar-refractivity contribution in [3.8, 4) is 0 Å². The highest BCUT2D eigenvalue weighted by molar-refractivity contribution is 6.10. The number of ketones is 1. The van der Waals surface area contributed by atoms with Crippen LogP contribution in [0.25, 0.3) is 0 Å². The Bertz CT molecular complexity index is 743. The van der Waals surface area contributed by atoms with Crippen LogP contribution < -0.4 is 0 Å². The molecule has 2 aromatic rings. The number of aromatic nitrogens is 1. The van der Waals surface area contributed by atoms with Crippen molar-refractivity contribution >= 4 is 11.8 Å². The molecule has 0 amide bonds. The van der Waals surface area contributed by atoms with E-state index in [2.05, 4.69) is 0 Å². The maximum atomic E-state index is 12.9. The minimum atomic E-state index is -0.845. The molecule has 0 aliphatic rings. The van der Waals surface area contributed by atoms with Crippen LogP contribution in [0.4, 0.5) is 0 Å². The molecule has 23 heavy (non-hydrogen) atoms. The molecule has 0 radical (unpaired) electrons. The van der Waals surface area contributed by atoms with E-state index in [0.717, 1.165) is 17.5 Å². The lowest BCUT2D eigenvalue weighted by Gasteiger charge is -2.14. The molecule has 1 atom stereocenters. The summed E-state index contributed by atoms with van der Waals surface area (Å²) in [5, 5.41) is 9.48. The first kappa shape index (κ1) is 17.0. The molecule has 1 N–H and O–H groups in total. The topological polar surface area (TPSA) is 59.3 Å². The fourth-order valence-electron chi connectivity index (χ4n) is 3.09. The summed E-state index contributed by atoms with van der Waals surface area (Å²) in [6.45, 7) is 5.73. The highest BCUT2D eigenvalue weighted by atomic mass is 16.4. The largest absolute Gasteiger partial charge is 0.481 e. The van der Waals surface area contributed by atoms with E-state index in [1.54, 1.807) is 11.6 Å². The molecule has 0 aliphatic carbocycles. The normalized spacial score (nSPS) is 12.2. The third-order valence-electron chi connectivity index (χ3n) is 4.30. The fraction of sp³-hybridized carbons (Fsp3) is 0.368. The number of aryl methyl sites for hydroxylation is 2. The van der Waals surface area contributed by atoms with Crippen LogP contribution >= 0.6 is 0 Å². The van der Waals surface area contributed by atoms with Crippen molar-refractivity contribution < 1.29 is 14.7 Å². The van der Waals surface area contributed by atoms with Crippen LogP contribution in [0.1, 0.15) is 58.6 Å². The van der Waals surface area contributed by atoms with Crippen molar-refractivity contribution in [3.63, 3.8) is 0 Å². The van der Waals surface area contributed by atoms with Gasteiger partial charge in [0, 0.05) is 18.3 Å². The number of carbonyl (C=O) groups excluding carboxylic acids is 1. The number of hydrogen-bond acceptors (Lipinski definition) is 2. The molecular formula is C19H23NO3. The summed E-state index contributed by atoms with van der Waals surface area (Å²) < 4.78 is 1.75. The van der Waals surface area contributed by atoms with Crippen molar-refractivity contribution in [2.24, 2.45) is 7.05 Å². The van der Waals surface area contributed by atoms with Gasteiger partial charge in [-0.05, 0) is 37.5 Å². The second kappa shape index (κ2) is 6.82. The van der Waals surface area contributed by atoms with Gasteiger partial charge in [0.25, 0.3) is 0 Å². The van der Waals surface area contributed by atoms with Crippen molar-refractivity contribution in [2.75, 3.05) is 0 Å². The van der Waals surface area contributed by atoms with E-state index in [0.29, 0.717) is 23.4 Å². The Kier molecular flexibility index (Phi) is 5.04. The zero-order valence-corrected chi connectivity index (χ0v) is 14.1. The molecule has 122 valence electrons. The fourth-order valence-corrected chi connectivity index (χ4v) is 3.09. The Morgan fingerprint density at radius 2 is 1.83 bits per heavy atom. The molecule has 0 spiro atoms. The van der Waals surface area contributed by atoms with E-state index >= 15 is 0 Å². The highest BCUT2D eigenvalue weighted by Gasteiger charge is 2.26. The van der Waals surface area contributed by atoms with Gasteiger partial charge in [0.05, 0.1) is 11.6 Å². The van der Waals surface area contributed by atoms with Crippen LogP contribution in [0.2, 0.25) is 0 Å². The van der Waals surface area contributed by atoms with Gasteiger partial charge >= 0.3 is 5.97 Å². The summed E-state index contributed by atoms with van der Waals surface area (Å²) in [7, 11) is 1.78. The average Bonchev–Trinajstić information content (AvgIpc) is 2.79. The number of rotatable bonds is 6. The number of carboxylic acids is 1. The predicted molar refractivity (Wildman–Crippen MR) is 90.0 cm³/mol. The number of carbonyl (C=O) groups is 2. The summed E-state index contributed by atoms with van der Waals surface area (Å²) >= 11 is 0. The molecule has 0 aliphatic heterocycles. The van der Waals surface area contributed by atoms with E-state index in [9.17, 15) is 14.7 Å². The Morgan fingerprint density at radius 1 is 1.17 bits per heavy atom. The molecule has 0 saturated carbocycles. The van der Waals surface area contributed by atoms with Crippen LogP contribution in [0.5, 0.6) is 0 Å². The quantitative estimate of drug-likeness (QED) is 0.824. The molecule has 2 rings (SSSR count). The first-order chi connectivity index (χ1) is 10.9. The van der Waals surface area contributed by atoms with Crippen LogP contribution in [-0.2, 0) is 11.8 Å². The Labute approximate surface area is 136 Å². The zero-order valence-electron chi connectivity index (χ0n) is 14.1. The van der Waals surface area contributed by atoms with Crippen molar-refractivity contribution in [1.29, 1.82) is 0 Å². The highest BCUT2D eigenvalue weighted by Crippen LogP contribution is 2.27. The van der Waals surface area contributed by atoms with Crippen LogP contribution in [0, 0.1) is 13.8 Å². The summed E-state index contributed by atoms with van der Waals surface area (Å²) in [5.74, 6) is -1.49. The Balaban J connectivity index is 2.51. The smallest absolute Gasteiger partial charge is 0.312 e. The van der Waals surface area contributed by atoms with Crippen LogP contribution in [0.3, 0.4) is 0 Å². The molecule has 0 bridgehead atoms. The average molecular weight is 313 g/mol. The SMILES string of the molecule is CCCC(C(=O)O)c1cc(C)c(C(=O)c2ccccc2C)n1C. The van der Waals surface area contributed by atoms with Gasteiger partial charge in [0.2, 0.25) is 5.78 Å². The Morgan fingerprint density at radius 3 is 2.39 bits per heavy atom. The van der Waals surface area contributed by atoms with Crippen LogP contribution in [-0.4, -0.2) is 21.4 Å². The molecule has 0 saturated heterocycles. The summed E-state index contributed by atoms with van der Waals surface area (Å²) in [6.07, 6.45) is 1.34. The summed E-state index contributed by atoms with van der Waals surface area (Å²) in [6, 6.07) is 9.29. The van der Waals surface area contributed by atoms with E-state index in [4.69, 9.17) is 0 Å². The molecule has 1 aromatic carbocycles. The predicted octanol–water partition coefficient (Wildman–Crippen LogP) is 3.84. The number of aliphatic carboxylic acids is 1. The van der Waals surface area contributed by atoms with Gasteiger partial charge in [-0.3, -0.25) is 9.59 Å². The van der Waals surface area contributed by atoms with E-state index in [-0.39, 0.29) is 5.78 Å². The third kappa shape index (κ3) is 3.21. The van der Waals surface area contributed by atoms with Gasteiger partial charge in [0.1, 0.15) is 0 Å². The number of benzene rings is 1. The van der Waals surface area contributed by atoms with Gasteiger partial charge < -0.3 is 9.67 Å². The van der Waals surface area contributed by atoms with Crippen molar-refractivity contribution in [2.45, 2.75) is 39.5 Å². The van der Waals surface area contributed by atoms with E-state index < -0.39 is 11.9 Å². The lowest BCUT2D eigenvalue weighted by Crippen LogP contribution is -2.17. The van der Waals surface area contributed by atoms with E-state index in [1.165, 1.54) is 0 Å². The Hall–Kier alpha value is -2.36. The molecular weight excluding hydrogens is 290 g/mol. The molecule has 0 fully saturated rings. The molecule has 1 unspecified atom stereocenters. The minimum Gasteiger partial charge on any atom is -0.481 e. The van der Waals surface area contributed by atoms with Gasteiger partial charge in [-0.2, -0.15) is 0 Å². The zero-order chi connectivity index (χ0) is 17.1. The second-order valence-corrected chi connectivity index (χ2v) is 5.98. The number of hydrogen-bond donors (Lipinski definition) is 1. The van der Waals surface area contributed by atoms with E-state index in [1.807, 2.05) is 51.1 Å². The molecule has 4 heteroatoms. The summed E-state index contributed by atoms with van der Waals surface area (Å²) in [5.41, 5.74) is 3.65. The maximum Gasteiger partial charge on any atom is 0.312 e. The molecule has 4 nitrogen and oxygen atoms in total. The van der Waals surface area contributed by atoms with Gasteiger partial charge in [-0.25, -0.2) is 0 Å². The second-order valence-electron chi connectivity index (χ2n) is 5.98. The van der Waals surface area contributed by atoms with Gasteiger partial charge in [-0.15, -0.1) is 0 Å². The lowest BCUT2D eigenvalue weighted by molar-refractivity contribution is -0.139. The van der Waals surface area contributed by atoms with Gasteiger partial charge in [-0.1, -0.05) is 37.6 Å². The summed E-state index contributed by atoms with van der Waals surface area (Å²) in [4.78, 5) is 24.5. The third-order valence-corrected chi connectivity index (χ3v) is 4.30. The molecule has 1 heterocycles. The number of nitrogens with zero attached hydrogens (tertiary/aromatic N) is 1. The standard InChI is InChI=1S/C19H23NO3/c1-5-8-15(19(22)23)16-11-13(3)17(20(16)4)18(21)14-10-7-6-9-12(14)2/h6-7,9-11,15H,5,8H2,1-4H3,(H,22,23). The molecule has 1 aromatic heterocycles. The van der Waals surface area contributed by atoms with Crippen molar-refractivity contribution in [3.05, 3.63) is 58.4 Å². The van der Waals surface area contributed by atoms with Gasteiger partial charge in [0.15, 0.2) is 0 Å².